The minimum atomic E-state index is -0.648. The number of para-hydroxylation sites is 1. The number of amides is 2. The molecule has 0 aliphatic heterocycles. The molecular weight excluding hydrogens is 281 g/mol. The topological polar surface area (TPSA) is 49.6 Å². The summed E-state index contributed by atoms with van der Waals surface area (Å²) < 4.78 is 0. The number of carbonyl (C=O) groups excluding carboxylic acids is 1. The molecule has 0 saturated heterocycles. The Morgan fingerprint density at radius 3 is 2.18 bits per heavy atom. The highest BCUT2D eigenvalue weighted by Gasteiger charge is 2.19. The van der Waals surface area contributed by atoms with E-state index in [0.717, 1.165) is 4.90 Å². The predicted molar refractivity (Wildman–Crippen MR) is 74.8 cm³/mol. The SMILES string of the molecule is CN(C(N)=O)C(=S)N(C)c1c(Cl)cccc1Cl. The Labute approximate surface area is 115 Å². The number of hydrogen-bond acceptors (Lipinski definition) is 2. The number of halogens is 2. The van der Waals surface area contributed by atoms with Crippen LogP contribution in [0.4, 0.5) is 10.5 Å². The maximum atomic E-state index is 11.0. The van der Waals surface area contributed by atoms with Crippen LogP contribution in [0.5, 0.6) is 0 Å². The lowest BCUT2D eigenvalue weighted by Gasteiger charge is -2.27. The molecule has 0 unspecified atom stereocenters. The van der Waals surface area contributed by atoms with Gasteiger partial charge < -0.3 is 10.6 Å². The molecule has 0 atom stereocenters. The summed E-state index contributed by atoms with van der Waals surface area (Å²) in [4.78, 5) is 13.7. The molecule has 0 spiro atoms. The lowest BCUT2D eigenvalue weighted by Crippen LogP contribution is -2.44. The molecule has 0 heterocycles. The minimum absolute atomic E-state index is 0.215. The van der Waals surface area contributed by atoms with Crippen LogP contribution in [0.15, 0.2) is 18.2 Å². The Bertz CT molecular complexity index is 447. The number of carbonyl (C=O) groups is 1. The highest BCUT2D eigenvalue weighted by Crippen LogP contribution is 2.33. The standard InChI is InChI=1S/C10H11Cl2N3OS/c1-14(10(17)15(2)9(13)16)8-6(11)4-3-5-7(8)12/h3-5H,1-2H3,(H2,13,16). The fourth-order valence-electron chi connectivity index (χ4n) is 1.22. The molecule has 0 fully saturated rings. The van der Waals surface area contributed by atoms with Crippen molar-refractivity contribution in [2.75, 3.05) is 19.0 Å². The van der Waals surface area contributed by atoms with Crippen LogP contribution >= 0.6 is 35.4 Å². The van der Waals surface area contributed by atoms with Crippen molar-refractivity contribution < 1.29 is 4.79 Å². The van der Waals surface area contributed by atoms with E-state index in [2.05, 4.69) is 0 Å². The Kier molecular flexibility index (Phi) is 4.56. The third kappa shape index (κ3) is 3.00. The summed E-state index contributed by atoms with van der Waals surface area (Å²) >= 11 is 17.2. The second kappa shape index (κ2) is 5.53. The molecule has 4 nitrogen and oxygen atoms in total. The average molecular weight is 292 g/mol. The van der Waals surface area contributed by atoms with Crippen molar-refractivity contribution in [2.24, 2.45) is 5.73 Å². The summed E-state index contributed by atoms with van der Waals surface area (Å²) in [6.07, 6.45) is 0. The monoisotopic (exact) mass is 291 g/mol. The highest BCUT2D eigenvalue weighted by atomic mass is 35.5. The smallest absolute Gasteiger partial charge is 0.320 e. The van der Waals surface area contributed by atoms with Gasteiger partial charge in [-0.3, -0.25) is 4.90 Å². The number of nitrogens with zero attached hydrogens (tertiary/aromatic N) is 2. The van der Waals surface area contributed by atoms with Gasteiger partial charge in [-0.15, -0.1) is 0 Å². The first-order chi connectivity index (χ1) is 7.86. The zero-order valence-corrected chi connectivity index (χ0v) is 11.6. The maximum Gasteiger partial charge on any atom is 0.320 e. The van der Waals surface area contributed by atoms with Gasteiger partial charge >= 0.3 is 6.03 Å². The van der Waals surface area contributed by atoms with Gasteiger partial charge in [0.15, 0.2) is 5.11 Å². The number of primary amides is 1. The van der Waals surface area contributed by atoms with Crippen LogP contribution in [-0.4, -0.2) is 30.1 Å². The first-order valence-electron chi connectivity index (χ1n) is 4.61. The van der Waals surface area contributed by atoms with Crippen molar-refractivity contribution in [3.05, 3.63) is 28.2 Å². The maximum absolute atomic E-state index is 11.0. The summed E-state index contributed by atoms with van der Waals surface area (Å²) in [6, 6.07) is 4.45. The molecule has 0 bridgehead atoms. The zero-order chi connectivity index (χ0) is 13.2. The van der Waals surface area contributed by atoms with E-state index in [0.29, 0.717) is 15.7 Å². The summed E-state index contributed by atoms with van der Waals surface area (Å²) in [5, 5.41) is 1.10. The number of hydrogen-bond donors (Lipinski definition) is 1. The fourth-order valence-corrected chi connectivity index (χ4v) is 2.06. The van der Waals surface area contributed by atoms with Gasteiger partial charge in [-0.2, -0.15) is 0 Å². The molecule has 0 radical (unpaired) electrons. The highest BCUT2D eigenvalue weighted by molar-refractivity contribution is 7.80. The molecular formula is C10H11Cl2N3OS. The summed E-state index contributed by atoms with van der Waals surface area (Å²) in [6.45, 7) is 0. The molecule has 0 saturated carbocycles. The molecule has 7 heteroatoms. The summed E-state index contributed by atoms with van der Waals surface area (Å²) in [5.74, 6) is 0. The van der Waals surface area contributed by atoms with Crippen LogP contribution in [0.2, 0.25) is 10.0 Å². The summed E-state index contributed by atoms with van der Waals surface area (Å²) in [5.41, 5.74) is 5.67. The van der Waals surface area contributed by atoms with Gasteiger partial charge in [0, 0.05) is 14.1 Å². The molecule has 17 heavy (non-hydrogen) atoms. The van der Waals surface area contributed by atoms with Gasteiger partial charge in [-0.05, 0) is 24.4 Å². The van der Waals surface area contributed by atoms with Gasteiger partial charge in [0.1, 0.15) is 0 Å². The fraction of sp³-hybridized carbons (Fsp3) is 0.200. The van der Waals surface area contributed by atoms with Crippen LogP contribution < -0.4 is 10.6 Å². The van der Waals surface area contributed by atoms with Gasteiger partial charge in [0.25, 0.3) is 0 Å². The number of rotatable bonds is 1. The lowest BCUT2D eigenvalue weighted by atomic mass is 10.3. The second-order valence-corrected chi connectivity index (χ2v) is 4.49. The van der Waals surface area contributed by atoms with Crippen molar-refractivity contribution in [1.82, 2.24) is 4.90 Å². The Morgan fingerprint density at radius 2 is 1.76 bits per heavy atom. The molecule has 2 N–H and O–H groups in total. The number of nitrogens with two attached hydrogens (primary N) is 1. The van der Waals surface area contributed by atoms with Crippen molar-refractivity contribution >= 4 is 52.3 Å². The van der Waals surface area contributed by atoms with Crippen molar-refractivity contribution in [3.8, 4) is 0 Å². The Morgan fingerprint density at radius 1 is 1.29 bits per heavy atom. The van der Waals surface area contributed by atoms with E-state index in [4.69, 9.17) is 41.2 Å². The van der Waals surface area contributed by atoms with E-state index >= 15 is 0 Å². The largest absolute Gasteiger partial charge is 0.351 e. The first-order valence-corrected chi connectivity index (χ1v) is 5.77. The van der Waals surface area contributed by atoms with E-state index in [-0.39, 0.29) is 5.11 Å². The Balaban J connectivity index is 3.09. The van der Waals surface area contributed by atoms with E-state index < -0.39 is 6.03 Å². The van der Waals surface area contributed by atoms with Gasteiger partial charge in [0.05, 0.1) is 15.7 Å². The first kappa shape index (κ1) is 14.0. The normalized spacial score (nSPS) is 9.88. The van der Waals surface area contributed by atoms with Crippen LogP contribution in [0.1, 0.15) is 0 Å². The average Bonchev–Trinajstić information content (AvgIpc) is 2.26. The van der Waals surface area contributed by atoms with Gasteiger partial charge in [-0.25, -0.2) is 4.79 Å². The summed E-state index contributed by atoms with van der Waals surface area (Å²) in [7, 11) is 3.14. The third-order valence-corrected chi connectivity index (χ3v) is 3.34. The van der Waals surface area contributed by atoms with Crippen LogP contribution in [0.25, 0.3) is 0 Å². The third-order valence-electron chi connectivity index (χ3n) is 2.18. The van der Waals surface area contributed by atoms with Crippen molar-refractivity contribution in [3.63, 3.8) is 0 Å². The van der Waals surface area contributed by atoms with Crippen LogP contribution in [0.3, 0.4) is 0 Å². The molecule has 0 aliphatic rings. The van der Waals surface area contributed by atoms with E-state index in [1.807, 2.05) is 0 Å². The quantitative estimate of drug-likeness (QED) is 0.810. The second-order valence-electron chi connectivity index (χ2n) is 3.31. The van der Waals surface area contributed by atoms with Gasteiger partial charge in [0.2, 0.25) is 0 Å². The van der Waals surface area contributed by atoms with E-state index in [1.54, 1.807) is 25.2 Å². The van der Waals surface area contributed by atoms with E-state index in [1.165, 1.54) is 11.9 Å². The van der Waals surface area contributed by atoms with Crippen molar-refractivity contribution in [2.45, 2.75) is 0 Å². The molecule has 1 aromatic carbocycles. The molecule has 92 valence electrons. The lowest BCUT2D eigenvalue weighted by molar-refractivity contribution is 0.235. The number of thiocarbonyl (C=S) groups is 1. The molecule has 1 aromatic rings. The molecule has 1 rings (SSSR count). The number of benzene rings is 1. The molecule has 2 amide bonds. The van der Waals surface area contributed by atoms with Crippen LogP contribution in [0, 0.1) is 0 Å². The zero-order valence-electron chi connectivity index (χ0n) is 9.28. The molecule has 0 aliphatic carbocycles. The predicted octanol–water partition coefficient (Wildman–Crippen LogP) is 2.73. The number of anilines is 1. The molecule has 0 aromatic heterocycles. The van der Waals surface area contributed by atoms with Gasteiger partial charge in [-0.1, -0.05) is 29.3 Å². The van der Waals surface area contributed by atoms with Crippen LogP contribution in [-0.2, 0) is 0 Å². The van der Waals surface area contributed by atoms with E-state index in [9.17, 15) is 4.79 Å². The Hall–Kier alpha value is -1.04. The minimum Gasteiger partial charge on any atom is -0.351 e. The number of urea groups is 1. The van der Waals surface area contributed by atoms with Crippen molar-refractivity contribution in [1.29, 1.82) is 0 Å².